The zero-order chi connectivity index (χ0) is 19.4. The highest BCUT2D eigenvalue weighted by Gasteiger charge is 2.27. The predicted octanol–water partition coefficient (Wildman–Crippen LogP) is 0.314. The molecule has 0 amide bonds. The van der Waals surface area contributed by atoms with Crippen molar-refractivity contribution < 1.29 is 18.1 Å². The van der Waals surface area contributed by atoms with Crippen LogP contribution in [0.4, 0.5) is 0 Å². The highest BCUT2D eigenvalue weighted by atomic mass is 32.2. The summed E-state index contributed by atoms with van der Waals surface area (Å²) in [5, 5.41) is 0. The lowest BCUT2D eigenvalue weighted by atomic mass is 10.2. The molecule has 2 heterocycles. The number of benzene rings is 1. The Morgan fingerprint density at radius 2 is 1.74 bits per heavy atom. The average Bonchev–Trinajstić information content (AvgIpc) is 3.19. The van der Waals surface area contributed by atoms with E-state index in [1.54, 1.807) is 7.11 Å². The number of pyridine rings is 1. The molecule has 2 aromatic rings. The van der Waals surface area contributed by atoms with E-state index in [0.29, 0.717) is 26.3 Å². The van der Waals surface area contributed by atoms with Gasteiger partial charge in [0.05, 0.1) is 19.1 Å². The molecule has 0 bridgehead atoms. The van der Waals surface area contributed by atoms with Gasteiger partial charge in [0.25, 0.3) is 5.56 Å². The maximum absolute atomic E-state index is 12.7. The van der Waals surface area contributed by atoms with E-state index in [4.69, 9.17) is 4.74 Å². The van der Waals surface area contributed by atoms with E-state index in [9.17, 15) is 13.2 Å². The number of ether oxygens (including phenoxy) is 1. The molecule has 1 N–H and O–H groups in total. The van der Waals surface area contributed by atoms with Crippen molar-refractivity contribution in [3.63, 3.8) is 0 Å². The second-order valence-corrected chi connectivity index (χ2v) is 8.86. The van der Waals surface area contributed by atoms with Crippen LogP contribution in [0.25, 0.3) is 0 Å². The van der Waals surface area contributed by atoms with Gasteiger partial charge in [-0.3, -0.25) is 9.36 Å². The molecule has 1 fully saturated rings. The third-order valence-electron chi connectivity index (χ3n) is 4.76. The van der Waals surface area contributed by atoms with E-state index in [2.05, 4.69) is 0 Å². The summed E-state index contributed by atoms with van der Waals surface area (Å²) < 4.78 is 33.6. The van der Waals surface area contributed by atoms with Gasteiger partial charge in [-0.15, -0.1) is 0 Å². The topological polar surface area (TPSA) is 73.1 Å². The van der Waals surface area contributed by atoms with Crippen molar-refractivity contribution in [3.8, 4) is 5.75 Å². The highest BCUT2D eigenvalue weighted by molar-refractivity contribution is 7.89. The number of nitrogens with one attached hydrogen (secondary N) is 1. The molecule has 1 atom stereocenters. The van der Waals surface area contributed by atoms with Crippen molar-refractivity contribution in [2.24, 2.45) is 0 Å². The Morgan fingerprint density at radius 1 is 1.07 bits per heavy atom. The van der Waals surface area contributed by atoms with Crippen LogP contribution < -0.4 is 15.2 Å². The third kappa shape index (κ3) is 4.58. The van der Waals surface area contributed by atoms with Crippen LogP contribution in [-0.4, -0.2) is 44.5 Å². The Labute approximate surface area is 159 Å². The predicted molar refractivity (Wildman–Crippen MR) is 102 cm³/mol. The van der Waals surface area contributed by atoms with Crippen molar-refractivity contribution in [2.75, 3.05) is 27.2 Å². The van der Waals surface area contributed by atoms with Crippen molar-refractivity contribution in [3.05, 3.63) is 58.5 Å². The van der Waals surface area contributed by atoms with E-state index in [-0.39, 0.29) is 10.5 Å². The summed E-state index contributed by atoms with van der Waals surface area (Å²) >= 11 is 0. The van der Waals surface area contributed by atoms with Crippen LogP contribution >= 0.6 is 0 Å². The van der Waals surface area contributed by atoms with E-state index in [1.807, 2.05) is 31.3 Å². The van der Waals surface area contributed by atoms with Gasteiger partial charge in [0.1, 0.15) is 12.3 Å². The molecule has 146 valence electrons. The summed E-state index contributed by atoms with van der Waals surface area (Å²) in [6.45, 7) is 2.18. The summed E-state index contributed by atoms with van der Waals surface area (Å²) in [5.74, 6) is 0.799. The van der Waals surface area contributed by atoms with Crippen molar-refractivity contribution in [2.45, 2.75) is 31.0 Å². The zero-order valence-corrected chi connectivity index (χ0v) is 16.5. The summed E-state index contributed by atoms with van der Waals surface area (Å²) in [6, 6.07) is 10.5. The molecule has 1 aromatic carbocycles. The first kappa shape index (κ1) is 19.6. The fourth-order valence-corrected chi connectivity index (χ4v) is 4.84. The SMILES string of the molecule is COc1ccc(C[NH+](C)Cn2cc(S(=O)(=O)N3CCCC3)ccc2=O)cc1. The molecule has 1 aliphatic rings. The van der Waals surface area contributed by atoms with Gasteiger partial charge in [0, 0.05) is 30.9 Å². The highest BCUT2D eigenvalue weighted by Crippen LogP contribution is 2.19. The molecule has 1 aromatic heterocycles. The number of hydrogen-bond acceptors (Lipinski definition) is 4. The summed E-state index contributed by atoms with van der Waals surface area (Å²) in [4.78, 5) is 13.5. The van der Waals surface area contributed by atoms with E-state index >= 15 is 0 Å². The number of nitrogens with zero attached hydrogens (tertiary/aromatic N) is 2. The molecule has 8 heteroatoms. The van der Waals surface area contributed by atoms with Crippen molar-refractivity contribution >= 4 is 10.0 Å². The first-order chi connectivity index (χ1) is 12.9. The minimum absolute atomic E-state index is 0.182. The van der Waals surface area contributed by atoms with Crippen LogP contribution in [0, 0.1) is 0 Å². The number of aromatic nitrogens is 1. The lowest BCUT2D eigenvalue weighted by molar-refractivity contribution is -0.917. The van der Waals surface area contributed by atoms with Crippen LogP contribution in [0.2, 0.25) is 0 Å². The van der Waals surface area contributed by atoms with E-state index < -0.39 is 10.0 Å². The monoisotopic (exact) mass is 392 g/mol. The fraction of sp³-hybridized carbons (Fsp3) is 0.421. The van der Waals surface area contributed by atoms with Crippen molar-refractivity contribution in [1.29, 1.82) is 0 Å². The zero-order valence-electron chi connectivity index (χ0n) is 15.7. The lowest BCUT2D eigenvalue weighted by Crippen LogP contribution is -3.07. The Bertz CT molecular complexity index is 932. The Morgan fingerprint density at radius 3 is 2.37 bits per heavy atom. The minimum atomic E-state index is -3.53. The average molecular weight is 393 g/mol. The Kier molecular flexibility index (Phi) is 5.98. The van der Waals surface area contributed by atoms with E-state index in [0.717, 1.165) is 29.1 Å². The van der Waals surface area contributed by atoms with Gasteiger partial charge in [0.2, 0.25) is 10.0 Å². The summed E-state index contributed by atoms with van der Waals surface area (Å²) in [7, 11) is 0.0676. The number of quaternary nitrogens is 1. The summed E-state index contributed by atoms with van der Waals surface area (Å²) in [5.41, 5.74) is 0.909. The van der Waals surface area contributed by atoms with Gasteiger partial charge in [-0.2, -0.15) is 4.31 Å². The molecule has 0 saturated carbocycles. The third-order valence-corrected chi connectivity index (χ3v) is 6.65. The molecule has 1 saturated heterocycles. The quantitative estimate of drug-likeness (QED) is 0.736. The Balaban J connectivity index is 1.74. The largest absolute Gasteiger partial charge is 0.497 e. The maximum atomic E-state index is 12.7. The maximum Gasteiger partial charge on any atom is 0.254 e. The first-order valence-electron chi connectivity index (χ1n) is 9.05. The molecular weight excluding hydrogens is 366 g/mol. The van der Waals surface area contributed by atoms with Crippen LogP contribution in [0.5, 0.6) is 5.75 Å². The van der Waals surface area contributed by atoms with Gasteiger partial charge in [-0.1, -0.05) is 0 Å². The van der Waals surface area contributed by atoms with Gasteiger partial charge >= 0.3 is 0 Å². The van der Waals surface area contributed by atoms with Crippen LogP contribution in [0.3, 0.4) is 0 Å². The number of sulfonamides is 1. The molecule has 7 nitrogen and oxygen atoms in total. The van der Waals surface area contributed by atoms with Gasteiger partial charge in [0.15, 0.2) is 6.67 Å². The molecule has 1 aliphatic heterocycles. The molecule has 0 aliphatic carbocycles. The lowest BCUT2D eigenvalue weighted by Gasteiger charge is -2.18. The molecule has 0 spiro atoms. The second-order valence-electron chi connectivity index (χ2n) is 6.92. The number of rotatable bonds is 7. The summed E-state index contributed by atoms with van der Waals surface area (Å²) in [6.07, 6.45) is 3.23. The smallest absolute Gasteiger partial charge is 0.254 e. The molecular formula is C19H26N3O4S+. The van der Waals surface area contributed by atoms with Crippen molar-refractivity contribution in [1.82, 2.24) is 8.87 Å². The fourth-order valence-electron chi connectivity index (χ4n) is 3.30. The number of methoxy groups -OCH3 is 1. The molecule has 0 radical (unpaired) electrons. The number of hydrogen-bond donors (Lipinski definition) is 1. The second kappa shape index (κ2) is 8.24. The van der Waals surface area contributed by atoms with Crippen LogP contribution in [0.1, 0.15) is 18.4 Å². The van der Waals surface area contributed by atoms with Crippen LogP contribution in [0.15, 0.2) is 52.3 Å². The van der Waals surface area contributed by atoms with Gasteiger partial charge in [-0.05, 0) is 43.2 Å². The molecule has 3 rings (SSSR count). The Hall–Kier alpha value is -2.16. The van der Waals surface area contributed by atoms with E-state index in [1.165, 1.54) is 27.2 Å². The molecule has 27 heavy (non-hydrogen) atoms. The van der Waals surface area contributed by atoms with Gasteiger partial charge < -0.3 is 9.64 Å². The van der Waals surface area contributed by atoms with Crippen LogP contribution in [-0.2, 0) is 23.2 Å². The minimum Gasteiger partial charge on any atom is -0.497 e. The molecule has 1 unspecified atom stereocenters. The van der Waals surface area contributed by atoms with Gasteiger partial charge in [-0.25, -0.2) is 8.42 Å². The standard InChI is InChI=1S/C19H25N3O4S/c1-20(13-16-5-7-17(26-2)8-6-16)15-21-14-18(9-10-19(21)23)27(24,25)22-11-3-4-12-22/h5-10,14H,3-4,11-13,15H2,1-2H3/p+1. The normalized spacial score (nSPS) is 16.4. The first-order valence-corrected chi connectivity index (χ1v) is 10.5.